The first kappa shape index (κ1) is 19.8. The second-order valence-corrected chi connectivity index (χ2v) is 7.49. The molecule has 0 N–H and O–H groups in total. The molecule has 1 unspecified atom stereocenters. The third-order valence-corrected chi connectivity index (χ3v) is 5.08. The Hall–Kier alpha value is -1.53. The molecule has 1 saturated heterocycles. The van der Waals surface area contributed by atoms with Crippen molar-refractivity contribution in [2.24, 2.45) is 0 Å². The maximum Gasteiger partial charge on any atom is 0.466 e. The van der Waals surface area contributed by atoms with E-state index >= 15 is 0 Å². The lowest BCUT2D eigenvalue weighted by atomic mass is 9.65. The van der Waals surface area contributed by atoms with Gasteiger partial charge in [-0.05, 0) is 53.2 Å². The lowest BCUT2D eigenvalue weighted by Gasteiger charge is -2.32. The van der Waals surface area contributed by atoms with Gasteiger partial charge in [0, 0.05) is 5.82 Å². The molecule has 1 atom stereocenters. The van der Waals surface area contributed by atoms with Crippen LogP contribution < -0.4 is 4.74 Å². The van der Waals surface area contributed by atoms with Crippen molar-refractivity contribution in [1.82, 2.24) is 0 Å². The number of hydrogen-bond acceptors (Lipinski definition) is 5. The highest BCUT2D eigenvalue weighted by molar-refractivity contribution is 6.48. The molecular weight excluding hydrogens is 319 g/mol. The molecule has 2 rings (SSSR count). The average molecular weight is 348 g/mol. The number of carbonyl (C=O) groups excluding carboxylic acids is 1. The molecule has 6 heteroatoms. The summed E-state index contributed by atoms with van der Waals surface area (Å²) in [5, 5.41) is 0. The van der Waals surface area contributed by atoms with Crippen LogP contribution in [0, 0.1) is 6.92 Å². The number of esters is 1. The van der Waals surface area contributed by atoms with Crippen molar-refractivity contribution < 1.29 is 23.6 Å². The van der Waals surface area contributed by atoms with Gasteiger partial charge in [0.25, 0.3) is 0 Å². The van der Waals surface area contributed by atoms with Gasteiger partial charge in [0.2, 0.25) is 0 Å². The highest BCUT2D eigenvalue weighted by atomic mass is 16.7. The van der Waals surface area contributed by atoms with E-state index in [-0.39, 0.29) is 18.2 Å². The Morgan fingerprint density at radius 1 is 1.20 bits per heavy atom. The topological polar surface area (TPSA) is 54.0 Å². The van der Waals surface area contributed by atoms with Crippen LogP contribution in [-0.4, -0.2) is 38.0 Å². The molecule has 1 heterocycles. The van der Waals surface area contributed by atoms with Crippen molar-refractivity contribution >= 4 is 13.1 Å². The van der Waals surface area contributed by atoms with E-state index in [1.807, 2.05) is 52.8 Å². The normalized spacial score (nSPS) is 19.6. The minimum atomic E-state index is -0.551. The SMILES string of the molecule is CCOC(=O)CC(B1OC(C)(C)C(C)(C)O1)c1cc(C)ccc1OC. The summed E-state index contributed by atoms with van der Waals surface area (Å²) in [4.78, 5) is 12.2. The van der Waals surface area contributed by atoms with Gasteiger partial charge in [-0.1, -0.05) is 17.7 Å². The van der Waals surface area contributed by atoms with Crippen molar-refractivity contribution in [3.05, 3.63) is 29.3 Å². The molecule has 0 spiro atoms. The van der Waals surface area contributed by atoms with Crippen LogP contribution in [0.1, 0.15) is 58.0 Å². The maximum absolute atomic E-state index is 12.2. The molecule has 0 amide bonds. The van der Waals surface area contributed by atoms with E-state index < -0.39 is 18.3 Å². The summed E-state index contributed by atoms with van der Waals surface area (Å²) < 4.78 is 23.1. The second-order valence-electron chi connectivity index (χ2n) is 7.49. The first-order valence-corrected chi connectivity index (χ1v) is 8.77. The van der Waals surface area contributed by atoms with E-state index in [0.29, 0.717) is 6.61 Å². The highest BCUT2D eigenvalue weighted by Crippen LogP contribution is 2.43. The number of benzene rings is 1. The number of aryl methyl sites for hydroxylation is 1. The monoisotopic (exact) mass is 348 g/mol. The summed E-state index contributed by atoms with van der Waals surface area (Å²) in [7, 11) is 1.07. The number of carbonyl (C=O) groups is 1. The Labute approximate surface area is 151 Å². The van der Waals surface area contributed by atoms with Crippen LogP contribution in [0.25, 0.3) is 0 Å². The molecule has 0 radical (unpaired) electrons. The summed E-state index contributed by atoms with van der Waals surface area (Å²) in [6.07, 6.45) is 0.171. The molecule has 25 heavy (non-hydrogen) atoms. The van der Waals surface area contributed by atoms with Crippen LogP contribution in [-0.2, 0) is 18.8 Å². The van der Waals surface area contributed by atoms with Gasteiger partial charge in [-0.2, -0.15) is 0 Å². The Bertz CT molecular complexity index is 610. The van der Waals surface area contributed by atoms with Crippen molar-refractivity contribution in [3.8, 4) is 5.75 Å². The number of hydrogen-bond donors (Lipinski definition) is 0. The van der Waals surface area contributed by atoms with E-state index in [0.717, 1.165) is 16.9 Å². The van der Waals surface area contributed by atoms with Gasteiger partial charge in [-0.25, -0.2) is 0 Å². The molecule has 1 aliphatic heterocycles. The van der Waals surface area contributed by atoms with Gasteiger partial charge in [-0.15, -0.1) is 0 Å². The van der Waals surface area contributed by atoms with E-state index in [2.05, 4.69) is 0 Å². The fourth-order valence-corrected chi connectivity index (χ4v) is 2.95. The summed E-state index contributed by atoms with van der Waals surface area (Å²) in [5.74, 6) is 0.135. The van der Waals surface area contributed by atoms with Crippen molar-refractivity contribution in [3.63, 3.8) is 0 Å². The molecule has 1 aliphatic rings. The molecule has 0 saturated carbocycles. The van der Waals surface area contributed by atoms with E-state index in [1.54, 1.807) is 14.0 Å². The first-order valence-electron chi connectivity index (χ1n) is 8.77. The largest absolute Gasteiger partial charge is 0.496 e. The summed E-state index contributed by atoms with van der Waals surface area (Å²) in [6, 6.07) is 5.91. The predicted molar refractivity (Wildman–Crippen MR) is 97.8 cm³/mol. The fraction of sp³-hybridized carbons (Fsp3) is 0.632. The molecule has 1 fully saturated rings. The Morgan fingerprint density at radius 2 is 1.80 bits per heavy atom. The minimum absolute atomic E-state index is 0.171. The molecule has 0 aromatic heterocycles. The zero-order valence-corrected chi connectivity index (χ0v) is 16.3. The molecule has 1 aromatic carbocycles. The lowest BCUT2D eigenvalue weighted by Crippen LogP contribution is -2.41. The van der Waals surface area contributed by atoms with Gasteiger partial charge in [-0.3, -0.25) is 4.79 Å². The minimum Gasteiger partial charge on any atom is -0.496 e. The lowest BCUT2D eigenvalue weighted by molar-refractivity contribution is -0.143. The van der Waals surface area contributed by atoms with Gasteiger partial charge in [0.15, 0.2) is 0 Å². The van der Waals surface area contributed by atoms with Crippen LogP contribution in [0.4, 0.5) is 0 Å². The van der Waals surface area contributed by atoms with Crippen LogP contribution in [0.3, 0.4) is 0 Å². The van der Waals surface area contributed by atoms with Crippen LogP contribution in [0.5, 0.6) is 5.75 Å². The Balaban J connectivity index is 2.41. The summed E-state index contributed by atoms with van der Waals surface area (Å²) in [6.45, 7) is 12.2. The van der Waals surface area contributed by atoms with Gasteiger partial charge < -0.3 is 18.8 Å². The van der Waals surface area contributed by atoms with Crippen molar-refractivity contribution in [2.45, 2.75) is 65.0 Å². The predicted octanol–water partition coefficient (Wildman–Crippen LogP) is 3.67. The Morgan fingerprint density at radius 3 is 2.32 bits per heavy atom. The molecule has 1 aromatic rings. The number of methoxy groups -OCH3 is 1. The number of rotatable bonds is 6. The third kappa shape index (κ3) is 4.18. The highest BCUT2D eigenvalue weighted by Gasteiger charge is 2.54. The zero-order valence-electron chi connectivity index (χ0n) is 16.3. The van der Waals surface area contributed by atoms with Crippen molar-refractivity contribution in [1.29, 1.82) is 0 Å². The van der Waals surface area contributed by atoms with Gasteiger partial charge >= 0.3 is 13.1 Å². The van der Waals surface area contributed by atoms with Crippen LogP contribution >= 0.6 is 0 Å². The molecule has 0 bridgehead atoms. The second kappa shape index (κ2) is 7.38. The standard InChI is InChI=1S/C19H29BO5/c1-8-23-17(21)12-15(14-11-13(2)9-10-16(14)22-7)20-24-18(3,4)19(5,6)25-20/h9-11,15H,8,12H2,1-7H3. The van der Waals surface area contributed by atoms with Crippen molar-refractivity contribution in [2.75, 3.05) is 13.7 Å². The average Bonchev–Trinajstić information content (AvgIpc) is 2.73. The molecular formula is C19H29BO5. The summed E-state index contributed by atoms with van der Waals surface area (Å²) >= 11 is 0. The molecule has 5 nitrogen and oxygen atoms in total. The van der Waals surface area contributed by atoms with Gasteiger partial charge in [0.1, 0.15) is 5.75 Å². The Kier molecular flexibility index (Phi) is 5.84. The quantitative estimate of drug-likeness (QED) is 0.580. The van der Waals surface area contributed by atoms with E-state index in [1.165, 1.54) is 0 Å². The van der Waals surface area contributed by atoms with E-state index in [4.69, 9.17) is 18.8 Å². The smallest absolute Gasteiger partial charge is 0.466 e. The zero-order chi connectivity index (χ0) is 18.8. The van der Waals surface area contributed by atoms with Crippen LogP contribution in [0.2, 0.25) is 0 Å². The van der Waals surface area contributed by atoms with Crippen LogP contribution in [0.15, 0.2) is 18.2 Å². The molecule has 0 aliphatic carbocycles. The third-order valence-electron chi connectivity index (χ3n) is 5.08. The maximum atomic E-state index is 12.2. The van der Waals surface area contributed by atoms with E-state index in [9.17, 15) is 4.79 Å². The first-order chi connectivity index (χ1) is 11.6. The molecule has 138 valence electrons. The van der Waals surface area contributed by atoms with Gasteiger partial charge in [0.05, 0.1) is 31.3 Å². The fourth-order valence-electron chi connectivity index (χ4n) is 2.95. The number of ether oxygens (including phenoxy) is 2. The summed E-state index contributed by atoms with van der Waals surface area (Å²) in [5.41, 5.74) is 1.04.